The van der Waals surface area contributed by atoms with Gasteiger partial charge in [-0.2, -0.15) is 0 Å². The Balaban J connectivity index is 1.66. The van der Waals surface area contributed by atoms with E-state index in [0.29, 0.717) is 6.10 Å². The number of aromatic nitrogens is 3. The molecule has 0 unspecified atom stereocenters. The van der Waals surface area contributed by atoms with Crippen LogP contribution in [0.5, 0.6) is 0 Å². The Hall–Kier alpha value is -1.33. The third-order valence-electron chi connectivity index (χ3n) is 3.52. The first kappa shape index (κ1) is 13.6. The summed E-state index contributed by atoms with van der Waals surface area (Å²) >= 11 is 1.74. The zero-order valence-corrected chi connectivity index (χ0v) is 12.5. The smallest absolute Gasteiger partial charge is 0.191 e. The number of nitrogens with zero attached hydrogens (tertiary/aromatic N) is 3. The van der Waals surface area contributed by atoms with Crippen LogP contribution >= 0.6 is 11.8 Å². The normalized spacial score (nSPS) is 18.6. The van der Waals surface area contributed by atoms with Gasteiger partial charge in [-0.1, -0.05) is 42.1 Å². The summed E-state index contributed by atoms with van der Waals surface area (Å²) in [5.74, 6) is 1.89. The maximum atomic E-state index is 5.71. The largest absolute Gasteiger partial charge is 0.376 e. The van der Waals surface area contributed by atoms with Crippen molar-refractivity contribution in [1.29, 1.82) is 0 Å². The minimum absolute atomic E-state index is 0.320. The maximum Gasteiger partial charge on any atom is 0.191 e. The third kappa shape index (κ3) is 3.22. The second kappa shape index (κ2) is 6.41. The Kier molecular flexibility index (Phi) is 4.38. The Morgan fingerprint density at radius 3 is 2.90 bits per heavy atom. The first-order chi connectivity index (χ1) is 9.83. The van der Waals surface area contributed by atoms with E-state index in [1.54, 1.807) is 11.8 Å². The first-order valence-electron chi connectivity index (χ1n) is 7.01. The van der Waals surface area contributed by atoms with Crippen molar-refractivity contribution in [3.63, 3.8) is 0 Å². The Morgan fingerprint density at radius 2 is 2.15 bits per heavy atom. The van der Waals surface area contributed by atoms with Crippen LogP contribution in [0.3, 0.4) is 0 Å². The number of aryl methyl sites for hydroxylation is 1. The lowest BCUT2D eigenvalue weighted by Crippen LogP contribution is -2.16. The molecule has 5 heteroatoms. The molecule has 1 atom stereocenters. The van der Waals surface area contributed by atoms with Gasteiger partial charge in [-0.25, -0.2) is 0 Å². The van der Waals surface area contributed by atoms with Gasteiger partial charge in [-0.3, -0.25) is 0 Å². The molecule has 0 amide bonds. The van der Waals surface area contributed by atoms with Crippen molar-refractivity contribution >= 4 is 11.8 Å². The van der Waals surface area contributed by atoms with Gasteiger partial charge in [0, 0.05) is 12.4 Å². The molecule has 0 N–H and O–H groups in total. The zero-order chi connectivity index (χ0) is 13.8. The molecule has 1 fully saturated rings. The zero-order valence-electron chi connectivity index (χ0n) is 11.7. The number of thioether (sulfide) groups is 1. The second-order valence-corrected chi connectivity index (χ2v) is 5.99. The lowest BCUT2D eigenvalue weighted by atomic mass is 10.2. The van der Waals surface area contributed by atoms with Gasteiger partial charge >= 0.3 is 0 Å². The fourth-order valence-electron chi connectivity index (χ4n) is 2.39. The van der Waals surface area contributed by atoms with E-state index in [4.69, 9.17) is 4.74 Å². The van der Waals surface area contributed by atoms with Crippen molar-refractivity contribution in [2.24, 2.45) is 0 Å². The molecule has 1 aromatic carbocycles. The van der Waals surface area contributed by atoms with Crippen LogP contribution in [0.1, 0.15) is 24.2 Å². The van der Waals surface area contributed by atoms with Crippen molar-refractivity contribution in [3.05, 3.63) is 41.7 Å². The van der Waals surface area contributed by atoms with Crippen molar-refractivity contribution in [2.45, 2.75) is 43.3 Å². The second-order valence-electron chi connectivity index (χ2n) is 5.05. The SMILES string of the molecule is Cc1nnc(SCc2ccccc2)n1C[C@H]1CCCO1. The van der Waals surface area contributed by atoms with Crippen LogP contribution in [0.15, 0.2) is 35.5 Å². The molecule has 3 rings (SSSR count). The van der Waals surface area contributed by atoms with Crippen molar-refractivity contribution in [3.8, 4) is 0 Å². The van der Waals surface area contributed by atoms with Gasteiger partial charge in [0.2, 0.25) is 0 Å². The van der Waals surface area contributed by atoms with E-state index in [2.05, 4.69) is 39.0 Å². The van der Waals surface area contributed by atoms with Gasteiger partial charge in [0.05, 0.1) is 12.6 Å². The summed E-state index contributed by atoms with van der Waals surface area (Å²) in [6.45, 7) is 3.77. The van der Waals surface area contributed by atoms with Gasteiger partial charge in [0.1, 0.15) is 5.82 Å². The molecule has 20 heavy (non-hydrogen) atoms. The number of ether oxygens (including phenoxy) is 1. The van der Waals surface area contributed by atoms with E-state index in [0.717, 1.165) is 36.3 Å². The van der Waals surface area contributed by atoms with E-state index < -0.39 is 0 Å². The lowest BCUT2D eigenvalue weighted by molar-refractivity contribution is 0.0944. The van der Waals surface area contributed by atoms with Gasteiger partial charge in [0.25, 0.3) is 0 Å². The van der Waals surface area contributed by atoms with E-state index in [1.807, 2.05) is 13.0 Å². The minimum Gasteiger partial charge on any atom is -0.376 e. The van der Waals surface area contributed by atoms with Crippen LogP contribution in [0.2, 0.25) is 0 Å². The molecule has 0 radical (unpaired) electrons. The molecule has 0 spiro atoms. The average molecular weight is 289 g/mol. The Bertz CT molecular complexity index is 550. The molecular weight excluding hydrogens is 270 g/mol. The van der Waals surface area contributed by atoms with Gasteiger partial charge in [-0.15, -0.1) is 10.2 Å². The summed E-state index contributed by atoms with van der Waals surface area (Å²) < 4.78 is 7.90. The van der Waals surface area contributed by atoms with Gasteiger partial charge < -0.3 is 9.30 Å². The van der Waals surface area contributed by atoms with Crippen molar-refractivity contribution in [1.82, 2.24) is 14.8 Å². The highest BCUT2D eigenvalue weighted by Gasteiger charge is 2.19. The van der Waals surface area contributed by atoms with Crippen LogP contribution in [0.4, 0.5) is 0 Å². The predicted octanol–water partition coefficient (Wildman–Crippen LogP) is 3.06. The predicted molar refractivity (Wildman–Crippen MR) is 79.7 cm³/mol. The Labute approximate surface area is 123 Å². The fourth-order valence-corrected chi connectivity index (χ4v) is 3.34. The molecule has 0 bridgehead atoms. The fraction of sp³-hybridized carbons (Fsp3) is 0.467. The summed E-state index contributed by atoms with van der Waals surface area (Å²) in [6.07, 6.45) is 2.62. The molecule has 1 aliphatic rings. The minimum atomic E-state index is 0.320. The van der Waals surface area contributed by atoms with E-state index in [9.17, 15) is 0 Å². The number of hydrogen-bond acceptors (Lipinski definition) is 4. The number of rotatable bonds is 5. The monoisotopic (exact) mass is 289 g/mol. The molecule has 0 aliphatic carbocycles. The summed E-state index contributed by atoms with van der Waals surface area (Å²) in [5.41, 5.74) is 1.31. The molecule has 1 aromatic heterocycles. The molecule has 0 saturated carbocycles. The van der Waals surface area contributed by atoms with E-state index in [1.165, 1.54) is 12.0 Å². The molecule has 2 aromatic rings. The van der Waals surface area contributed by atoms with Crippen LogP contribution in [-0.2, 0) is 17.0 Å². The summed E-state index contributed by atoms with van der Waals surface area (Å²) in [4.78, 5) is 0. The maximum absolute atomic E-state index is 5.71. The molecule has 1 saturated heterocycles. The van der Waals surface area contributed by atoms with Crippen LogP contribution in [0, 0.1) is 6.92 Å². The lowest BCUT2D eigenvalue weighted by Gasteiger charge is -2.13. The van der Waals surface area contributed by atoms with Gasteiger partial charge in [0.15, 0.2) is 5.16 Å². The summed E-state index contributed by atoms with van der Waals surface area (Å²) in [5, 5.41) is 9.49. The summed E-state index contributed by atoms with van der Waals surface area (Å²) in [7, 11) is 0. The molecular formula is C15H19N3OS. The van der Waals surface area contributed by atoms with E-state index >= 15 is 0 Å². The van der Waals surface area contributed by atoms with Crippen LogP contribution in [-0.4, -0.2) is 27.5 Å². The number of benzene rings is 1. The first-order valence-corrected chi connectivity index (χ1v) is 7.99. The van der Waals surface area contributed by atoms with Crippen molar-refractivity contribution in [2.75, 3.05) is 6.61 Å². The highest BCUT2D eigenvalue weighted by molar-refractivity contribution is 7.98. The Morgan fingerprint density at radius 1 is 1.30 bits per heavy atom. The number of hydrogen-bond donors (Lipinski definition) is 0. The van der Waals surface area contributed by atoms with E-state index in [-0.39, 0.29) is 0 Å². The highest BCUT2D eigenvalue weighted by Crippen LogP contribution is 2.23. The quantitative estimate of drug-likeness (QED) is 0.793. The topological polar surface area (TPSA) is 39.9 Å². The molecule has 106 valence electrons. The molecule has 1 aliphatic heterocycles. The molecule has 4 nitrogen and oxygen atoms in total. The third-order valence-corrected chi connectivity index (χ3v) is 4.56. The summed E-state index contributed by atoms with van der Waals surface area (Å²) in [6, 6.07) is 10.5. The standard InChI is InChI=1S/C15H19N3OS/c1-12-16-17-15(18(12)10-14-8-5-9-19-14)20-11-13-6-3-2-4-7-13/h2-4,6-7,14H,5,8-11H2,1H3/t14-/m1/s1. The van der Waals surface area contributed by atoms with Crippen LogP contribution < -0.4 is 0 Å². The van der Waals surface area contributed by atoms with Crippen LogP contribution in [0.25, 0.3) is 0 Å². The van der Waals surface area contributed by atoms with Crippen molar-refractivity contribution < 1.29 is 4.74 Å². The average Bonchev–Trinajstić information content (AvgIpc) is 3.10. The van der Waals surface area contributed by atoms with Gasteiger partial charge in [-0.05, 0) is 25.3 Å². The molecule has 2 heterocycles. The highest BCUT2D eigenvalue weighted by atomic mass is 32.2.